The summed E-state index contributed by atoms with van der Waals surface area (Å²) in [6.07, 6.45) is 0. The van der Waals surface area contributed by atoms with Crippen molar-refractivity contribution in [1.29, 1.82) is 0 Å². The third-order valence-corrected chi connectivity index (χ3v) is 3.22. The normalized spacial score (nSPS) is 10.3. The van der Waals surface area contributed by atoms with Crippen LogP contribution in [0.3, 0.4) is 0 Å². The second-order valence-electron chi connectivity index (χ2n) is 2.95. The van der Waals surface area contributed by atoms with Gasteiger partial charge in [-0.2, -0.15) is 4.98 Å². The minimum Gasteiger partial charge on any atom is -0.431 e. The van der Waals surface area contributed by atoms with Crippen molar-refractivity contribution in [3.8, 4) is 10.9 Å². The van der Waals surface area contributed by atoms with Crippen molar-refractivity contribution in [3.63, 3.8) is 0 Å². The van der Waals surface area contributed by atoms with Crippen LogP contribution in [0.4, 0.5) is 4.39 Å². The Balaban J connectivity index is 2.24. The van der Waals surface area contributed by atoms with Gasteiger partial charge in [0.15, 0.2) is 0 Å². The average Bonchev–Trinajstić information content (AvgIpc) is 2.56. The average molecular weight is 288 g/mol. The summed E-state index contributed by atoms with van der Waals surface area (Å²) in [6.45, 7) is 1.79. The third-order valence-electron chi connectivity index (χ3n) is 1.79. The van der Waals surface area contributed by atoms with Crippen LogP contribution in [0.2, 0.25) is 0 Å². The molecule has 0 aliphatic heterocycles. The molecule has 78 valence electrons. The van der Waals surface area contributed by atoms with E-state index in [4.69, 9.17) is 4.74 Å². The van der Waals surface area contributed by atoms with Crippen LogP contribution in [0.1, 0.15) is 5.56 Å². The number of hydrogen-bond acceptors (Lipinski definition) is 3. The first kappa shape index (κ1) is 10.6. The molecule has 2 rings (SSSR count). The molecule has 1 aromatic carbocycles. The van der Waals surface area contributed by atoms with Crippen LogP contribution in [0.25, 0.3) is 0 Å². The first-order valence-corrected chi connectivity index (χ1v) is 5.87. The van der Waals surface area contributed by atoms with Gasteiger partial charge in [-0.25, -0.2) is 4.39 Å². The highest BCUT2D eigenvalue weighted by Gasteiger charge is 2.05. The molecule has 2 aromatic rings. The van der Waals surface area contributed by atoms with Crippen molar-refractivity contribution in [1.82, 2.24) is 4.98 Å². The van der Waals surface area contributed by atoms with E-state index in [9.17, 15) is 4.39 Å². The van der Waals surface area contributed by atoms with Crippen LogP contribution in [0.15, 0.2) is 28.2 Å². The molecule has 0 unspecified atom stereocenters. The fraction of sp³-hybridized carbons (Fsp3) is 0.100. The van der Waals surface area contributed by atoms with Crippen LogP contribution in [-0.4, -0.2) is 4.98 Å². The molecule has 0 amide bonds. The molecule has 1 aromatic heterocycles. The fourth-order valence-electron chi connectivity index (χ4n) is 1.11. The molecule has 0 saturated carbocycles. The maximum Gasteiger partial charge on any atom is 0.279 e. The van der Waals surface area contributed by atoms with Crippen LogP contribution in [0, 0.1) is 12.7 Å². The molecule has 0 saturated heterocycles. The van der Waals surface area contributed by atoms with E-state index in [1.807, 2.05) is 5.38 Å². The van der Waals surface area contributed by atoms with Gasteiger partial charge in [0.25, 0.3) is 5.19 Å². The molecule has 5 heteroatoms. The summed E-state index contributed by atoms with van der Waals surface area (Å²) in [5, 5.41) is 2.37. The van der Waals surface area contributed by atoms with E-state index in [1.54, 1.807) is 13.0 Å². The van der Waals surface area contributed by atoms with Gasteiger partial charge in [-0.05, 0) is 46.6 Å². The first-order chi connectivity index (χ1) is 7.15. The van der Waals surface area contributed by atoms with E-state index >= 15 is 0 Å². The zero-order valence-corrected chi connectivity index (χ0v) is 10.2. The van der Waals surface area contributed by atoms with E-state index in [0.717, 1.165) is 10.2 Å². The molecule has 0 radical (unpaired) electrons. The zero-order chi connectivity index (χ0) is 10.8. The molecular formula is C10H7BrFNOS. The maximum absolute atomic E-state index is 12.8. The van der Waals surface area contributed by atoms with Crippen LogP contribution in [0.5, 0.6) is 10.9 Å². The second-order valence-corrected chi connectivity index (χ2v) is 4.58. The predicted octanol–water partition coefficient (Wildman–Crippen LogP) is 4.15. The highest BCUT2D eigenvalue weighted by molar-refractivity contribution is 9.10. The van der Waals surface area contributed by atoms with Crippen molar-refractivity contribution in [2.75, 3.05) is 0 Å². The number of benzene rings is 1. The lowest BCUT2D eigenvalue weighted by Gasteiger charge is -2.04. The first-order valence-electron chi connectivity index (χ1n) is 4.20. The monoisotopic (exact) mass is 287 g/mol. The zero-order valence-electron chi connectivity index (χ0n) is 7.83. The van der Waals surface area contributed by atoms with Gasteiger partial charge in [0.1, 0.15) is 16.2 Å². The lowest BCUT2D eigenvalue weighted by atomic mass is 10.2. The molecule has 0 aliphatic rings. The summed E-state index contributed by atoms with van der Waals surface area (Å²) in [4.78, 5) is 4.09. The Morgan fingerprint density at radius 2 is 2.27 bits per heavy atom. The minimum atomic E-state index is -0.264. The number of aromatic nitrogens is 1. The fourth-order valence-corrected chi connectivity index (χ4v) is 2.21. The summed E-state index contributed by atoms with van der Waals surface area (Å²) >= 11 is 4.62. The Bertz CT molecular complexity index is 486. The Morgan fingerprint density at radius 1 is 1.47 bits per heavy atom. The second kappa shape index (κ2) is 4.28. The molecule has 0 spiro atoms. The van der Waals surface area contributed by atoms with Crippen LogP contribution >= 0.6 is 27.3 Å². The number of aryl methyl sites for hydroxylation is 1. The Morgan fingerprint density at radius 3 is 2.87 bits per heavy atom. The van der Waals surface area contributed by atoms with Crippen LogP contribution < -0.4 is 4.74 Å². The molecule has 0 bridgehead atoms. The van der Waals surface area contributed by atoms with Crippen molar-refractivity contribution >= 4 is 27.3 Å². The van der Waals surface area contributed by atoms with Gasteiger partial charge in [-0.1, -0.05) is 11.3 Å². The lowest BCUT2D eigenvalue weighted by molar-refractivity contribution is 0.472. The van der Waals surface area contributed by atoms with Crippen molar-refractivity contribution < 1.29 is 9.13 Å². The molecule has 0 atom stereocenters. The largest absolute Gasteiger partial charge is 0.431 e. The van der Waals surface area contributed by atoms with E-state index in [0.29, 0.717) is 10.9 Å². The van der Waals surface area contributed by atoms with E-state index in [1.165, 1.54) is 23.5 Å². The van der Waals surface area contributed by atoms with Gasteiger partial charge in [-0.15, -0.1) is 0 Å². The molecule has 15 heavy (non-hydrogen) atoms. The summed E-state index contributed by atoms with van der Waals surface area (Å²) in [5.41, 5.74) is 0.751. The highest BCUT2D eigenvalue weighted by atomic mass is 79.9. The van der Waals surface area contributed by atoms with Crippen LogP contribution in [-0.2, 0) is 0 Å². The summed E-state index contributed by atoms with van der Waals surface area (Å²) in [7, 11) is 0. The van der Waals surface area contributed by atoms with Gasteiger partial charge in [0, 0.05) is 5.38 Å². The molecule has 0 N–H and O–H groups in total. The van der Waals surface area contributed by atoms with Gasteiger partial charge in [0.2, 0.25) is 0 Å². The van der Waals surface area contributed by atoms with Gasteiger partial charge in [0.05, 0.1) is 0 Å². The Labute approximate surface area is 98.9 Å². The number of halogens is 2. The third kappa shape index (κ3) is 2.54. The minimum absolute atomic E-state index is 0.264. The van der Waals surface area contributed by atoms with E-state index in [2.05, 4.69) is 20.9 Å². The number of rotatable bonds is 2. The van der Waals surface area contributed by atoms with Crippen molar-refractivity contribution in [3.05, 3.63) is 39.6 Å². The van der Waals surface area contributed by atoms with Crippen molar-refractivity contribution in [2.24, 2.45) is 0 Å². The summed E-state index contributed by atoms with van der Waals surface area (Å²) in [5.74, 6) is 0.360. The number of thiazole rings is 1. The molecule has 0 fully saturated rings. The molecule has 1 heterocycles. The topological polar surface area (TPSA) is 22.1 Å². The summed E-state index contributed by atoms with van der Waals surface area (Å²) < 4.78 is 19.0. The number of nitrogens with zero attached hydrogens (tertiary/aromatic N) is 1. The number of ether oxygens (including phenoxy) is 1. The maximum atomic E-state index is 12.8. The lowest BCUT2D eigenvalue weighted by Crippen LogP contribution is -1.87. The quantitative estimate of drug-likeness (QED) is 0.828. The smallest absolute Gasteiger partial charge is 0.279 e. The molecular weight excluding hydrogens is 281 g/mol. The van der Waals surface area contributed by atoms with E-state index in [-0.39, 0.29) is 5.82 Å². The Hall–Kier alpha value is -0.940. The molecule has 0 aliphatic carbocycles. The Kier molecular flexibility index (Phi) is 3.02. The standard InChI is InChI=1S/C10H7BrFNOS/c1-6-4-7(12)2-3-8(6)14-10-13-9(11)5-15-10/h2-5H,1H3. The predicted molar refractivity (Wildman–Crippen MR) is 61.0 cm³/mol. The van der Waals surface area contributed by atoms with Gasteiger partial charge in [-0.3, -0.25) is 0 Å². The van der Waals surface area contributed by atoms with Gasteiger partial charge >= 0.3 is 0 Å². The SMILES string of the molecule is Cc1cc(F)ccc1Oc1nc(Br)cs1. The highest BCUT2D eigenvalue weighted by Crippen LogP contribution is 2.29. The van der Waals surface area contributed by atoms with E-state index < -0.39 is 0 Å². The molecule has 2 nitrogen and oxygen atoms in total. The number of hydrogen-bond donors (Lipinski definition) is 0. The summed E-state index contributed by atoms with van der Waals surface area (Å²) in [6, 6.07) is 4.39. The van der Waals surface area contributed by atoms with Gasteiger partial charge < -0.3 is 4.74 Å². The van der Waals surface area contributed by atoms with Crippen molar-refractivity contribution in [2.45, 2.75) is 6.92 Å².